The highest BCUT2D eigenvalue weighted by Gasteiger charge is 2.53. The molecule has 62 valence electrons. The molecule has 3 atom stereocenters. The van der Waals surface area contributed by atoms with Gasteiger partial charge in [0.15, 0.2) is 0 Å². The van der Waals surface area contributed by atoms with Crippen LogP contribution in [-0.4, -0.2) is 15.4 Å². The maximum atomic E-state index is 10.8. The van der Waals surface area contributed by atoms with Gasteiger partial charge in [-0.25, -0.2) is 0 Å². The maximum absolute atomic E-state index is 10.8. The van der Waals surface area contributed by atoms with Gasteiger partial charge in [-0.1, -0.05) is 15.9 Å². The molecule has 2 saturated carbocycles. The van der Waals surface area contributed by atoms with Gasteiger partial charge in [0.25, 0.3) is 0 Å². The number of rotatable bonds is 1. The van der Waals surface area contributed by atoms with Crippen LogP contribution in [0.3, 0.4) is 0 Å². The lowest BCUT2D eigenvalue weighted by Crippen LogP contribution is -2.31. The number of fused-ring (bicyclic) bond motifs is 2. The van der Waals surface area contributed by atoms with Crippen molar-refractivity contribution in [3.8, 4) is 0 Å². The third-order valence-corrected chi connectivity index (χ3v) is 4.36. The molecule has 0 aliphatic heterocycles. The Morgan fingerprint density at radius 2 is 2.36 bits per heavy atom. The molecule has 3 unspecified atom stereocenters. The molecule has 2 rings (SSSR count). The first kappa shape index (κ1) is 7.59. The molecule has 0 amide bonds. The van der Waals surface area contributed by atoms with E-state index in [0.29, 0.717) is 5.92 Å². The van der Waals surface area contributed by atoms with Crippen molar-refractivity contribution in [2.45, 2.75) is 30.0 Å². The molecule has 0 aromatic carbocycles. The van der Waals surface area contributed by atoms with Crippen molar-refractivity contribution in [3.05, 3.63) is 0 Å². The predicted octanol–water partition coefficient (Wildman–Crippen LogP) is 2.02. The highest BCUT2D eigenvalue weighted by molar-refractivity contribution is 9.10. The predicted molar refractivity (Wildman–Crippen MR) is 44.7 cm³/mol. The van der Waals surface area contributed by atoms with Gasteiger partial charge in [-0.3, -0.25) is 4.79 Å². The Kier molecular flexibility index (Phi) is 1.53. The third kappa shape index (κ3) is 1.01. The molecule has 3 heteroatoms. The standard InChI is InChI=1S/C8H11BrO2/c9-8-2-1-5(4-8)3-6(8)7(10)11/h5-6H,1-4H2,(H,10,11). The van der Waals surface area contributed by atoms with Crippen LogP contribution >= 0.6 is 15.9 Å². The van der Waals surface area contributed by atoms with Crippen LogP contribution in [0.4, 0.5) is 0 Å². The molecule has 2 bridgehead atoms. The van der Waals surface area contributed by atoms with Crippen LogP contribution in [0.25, 0.3) is 0 Å². The van der Waals surface area contributed by atoms with Crippen molar-refractivity contribution >= 4 is 21.9 Å². The second kappa shape index (κ2) is 2.22. The number of hydrogen-bond acceptors (Lipinski definition) is 1. The molecule has 2 fully saturated rings. The number of aliphatic carboxylic acids is 1. The average molecular weight is 219 g/mol. The Hall–Kier alpha value is -0.0500. The van der Waals surface area contributed by atoms with E-state index in [-0.39, 0.29) is 10.2 Å². The smallest absolute Gasteiger partial charge is 0.307 e. The van der Waals surface area contributed by atoms with Crippen molar-refractivity contribution < 1.29 is 9.90 Å². The van der Waals surface area contributed by atoms with E-state index in [9.17, 15) is 4.79 Å². The van der Waals surface area contributed by atoms with Gasteiger partial charge in [0.2, 0.25) is 0 Å². The van der Waals surface area contributed by atoms with Crippen molar-refractivity contribution in [3.63, 3.8) is 0 Å². The Labute approximate surface area is 74.1 Å². The second-order valence-electron chi connectivity index (χ2n) is 3.77. The number of halogens is 1. The van der Waals surface area contributed by atoms with Gasteiger partial charge in [-0.15, -0.1) is 0 Å². The highest BCUT2D eigenvalue weighted by Crippen LogP contribution is 2.56. The van der Waals surface area contributed by atoms with E-state index in [4.69, 9.17) is 5.11 Å². The van der Waals surface area contributed by atoms with Gasteiger partial charge in [-0.2, -0.15) is 0 Å². The number of carboxylic acid groups (broad SMARTS) is 1. The molecule has 11 heavy (non-hydrogen) atoms. The zero-order valence-corrected chi connectivity index (χ0v) is 7.80. The van der Waals surface area contributed by atoms with E-state index in [1.54, 1.807) is 0 Å². The molecular weight excluding hydrogens is 208 g/mol. The molecule has 2 aliphatic carbocycles. The fraction of sp³-hybridized carbons (Fsp3) is 0.875. The first-order valence-corrected chi connectivity index (χ1v) is 4.83. The molecule has 0 saturated heterocycles. The summed E-state index contributed by atoms with van der Waals surface area (Å²) in [4.78, 5) is 10.8. The summed E-state index contributed by atoms with van der Waals surface area (Å²) in [6, 6.07) is 0. The normalized spacial score (nSPS) is 48.1. The number of carboxylic acids is 1. The fourth-order valence-electron chi connectivity index (χ4n) is 2.51. The minimum Gasteiger partial charge on any atom is -0.481 e. The van der Waals surface area contributed by atoms with Crippen LogP contribution in [0.15, 0.2) is 0 Å². The van der Waals surface area contributed by atoms with Crippen LogP contribution < -0.4 is 0 Å². The molecule has 0 aromatic heterocycles. The minimum atomic E-state index is -0.621. The van der Waals surface area contributed by atoms with Crippen LogP contribution in [0, 0.1) is 11.8 Å². The Bertz CT molecular complexity index is 204. The summed E-state index contributed by atoms with van der Waals surface area (Å²) >= 11 is 3.57. The van der Waals surface area contributed by atoms with Gasteiger partial charge in [0.1, 0.15) is 0 Å². The van der Waals surface area contributed by atoms with Gasteiger partial charge in [-0.05, 0) is 31.6 Å². The molecular formula is C8H11BrO2. The summed E-state index contributed by atoms with van der Waals surface area (Å²) in [5, 5.41) is 8.87. The monoisotopic (exact) mass is 218 g/mol. The van der Waals surface area contributed by atoms with Crippen LogP contribution in [0.1, 0.15) is 25.7 Å². The van der Waals surface area contributed by atoms with Crippen molar-refractivity contribution in [2.24, 2.45) is 11.8 Å². The summed E-state index contributed by atoms with van der Waals surface area (Å²) in [6.07, 6.45) is 4.23. The van der Waals surface area contributed by atoms with Crippen molar-refractivity contribution in [1.29, 1.82) is 0 Å². The maximum Gasteiger partial charge on any atom is 0.307 e. The van der Waals surface area contributed by atoms with Gasteiger partial charge >= 0.3 is 5.97 Å². The Morgan fingerprint density at radius 1 is 1.64 bits per heavy atom. The van der Waals surface area contributed by atoms with Gasteiger partial charge in [0, 0.05) is 4.32 Å². The average Bonchev–Trinajstić information content (AvgIpc) is 2.41. The SMILES string of the molecule is O=C(O)C1CC2CCC1(Br)C2. The van der Waals surface area contributed by atoms with Crippen LogP contribution in [0.2, 0.25) is 0 Å². The lowest BCUT2D eigenvalue weighted by Gasteiger charge is -2.25. The molecule has 1 N–H and O–H groups in total. The molecule has 0 spiro atoms. The highest BCUT2D eigenvalue weighted by atomic mass is 79.9. The molecule has 0 heterocycles. The fourth-order valence-corrected chi connectivity index (χ4v) is 3.58. The van der Waals surface area contributed by atoms with Crippen LogP contribution in [0.5, 0.6) is 0 Å². The molecule has 2 nitrogen and oxygen atoms in total. The lowest BCUT2D eigenvalue weighted by atomic mass is 9.89. The second-order valence-corrected chi connectivity index (χ2v) is 5.35. The third-order valence-electron chi connectivity index (χ3n) is 3.09. The zero-order chi connectivity index (χ0) is 8.06. The molecule has 0 aromatic rings. The lowest BCUT2D eigenvalue weighted by molar-refractivity contribution is -0.142. The Balaban J connectivity index is 2.21. The topological polar surface area (TPSA) is 37.3 Å². The van der Waals surface area contributed by atoms with Gasteiger partial charge in [0.05, 0.1) is 5.92 Å². The van der Waals surface area contributed by atoms with E-state index >= 15 is 0 Å². The van der Waals surface area contributed by atoms with E-state index in [2.05, 4.69) is 15.9 Å². The summed E-state index contributed by atoms with van der Waals surface area (Å²) in [5.41, 5.74) is 0. The van der Waals surface area contributed by atoms with E-state index < -0.39 is 5.97 Å². The minimum absolute atomic E-state index is 0.0382. The molecule has 0 radical (unpaired) electrons. The van der Waals surface area contributed by atoms with Crippen molar-refractivity contribution in [1.82, 2.24) is 0 Å². The van der Waals surface area contributed by atoms with Crippen LogP contribution in [-0.2, 0) is 4.79 Å². The number of hydrogen-bond donors (Lipinski definition) is 1. The quantitative estimate of drug-likeness (QED) is 0.685. The first-order valence-electron chi connectivity index (χ1n) is 4.03. The number of alkyl halides is 1. The zero-order valence-electron chi connectivity index (χ0n) is 6.22. The Morgan fingerprint density at radius 3 is 2.64 bits per heavy atom. The molecule has 2 aliphatic rings. The summed E-state index contributed by atoms with van der Waals surface area (Å²) < 4.78 is -0.0382. The summed E-state index contributed by atoms with van der Waals surface area (Å²) in [7, 11) is 0. The number of carbonyl (C=O) groups is 1. The van der Waals surface area contributed by atoms with Gasteiger partial charge < -0.3 is 5.11 Å². The summed E-state index contributed by atoms with van der Waals surface area (Å²) in [5.74, 6) is -0.0687. The first-order chi connectivity index (χ1) is 5.12. The summed E-state index contributed by atoms with van der Waals surface area (Å²) in [6.45, 7) is 0. The largest absolute Gasteiger partial charge is 0.481 e. The van der Waals surface area contributed by atoms with E-state index in [1.807, 2.05) is 0 Å². The van der Waals surface area contributed by atoms with Crippen molar-refractivity contribution in [2.75, 3.05) is 0 Å². The van der Waals surface area contributed by atoms with E-state index in [1.165, 1.54) is 6.42 Å². The van der Waals surface area contributed by atoms with E-state index in [0.717, 1.165) is 19.3 Å².